The molecule has 5 nitrogen and oxygen atoms in total. The minimum atomic E-state index is -3.90. The van der Waals surface area contributed by atoms with Gasteiger partial charge < -0.3 is 10.4 Å². The van der Waals surface area contributed by atoms with Gasteiger partial charge in [0.15, 0.2) is 0 Å². The summed E-state index contributed by atoms with van der Waals surface area (Å²) < 4.78 is 29.9. The molecule has 0 saturated carbocycles. The molecular formula is C16H19NO4S. The van der Waals surface area contributed by atoms with Gasteiger partial charge >= 0.3 is 0 Å². The number of anilines is 1. The quantitative estimate of drug-likeness (QED) is 0.414. The van der Waals surface area contributed by atoms with E-state index in [1.807, 2.05) is 42.5 Å². The summed E-state index contributed by atoms with van der Waals surface area (Å²) in [5, 5.41) is 13.0. The van der Waals surface area contributed by atoms with Crippen LogP contribution in [0, 0.1) is 0 Å². The molecule has 6 heteroatoms. The number of aromatic hydroxyl groups is 1. The summed E-state index contributed by atoms with van der Waals surface area (Å²) in [7, 11) is -3.90. The zero-order valence-electron chi connectivity index (χ0n) is 12.1. The number of rotatable bonds is 7. The molecule has 0 aliphatic rings. The van der Waals surface area contributed by atoms with Crippen LogP contribution in [0.2, 0.25) is 0 Å². The van der Waals surface area contributed by atoms with Crippen molar-refractivity contribution in [2.45, 2.75) is 12.8 Å². The van der Waals surface area contributed by atoms with Crippen LogP contribution in [0.25, 0.3) is 11.1 Å². The van der Waals surface area contributed by atoms with Crippen molar-refractivity contribution >= 4 is 15.8 Å². The van der Waals surface area contributed by atoms with Crippen LogP contribution >= 0.6 is 0 Å². The number of benzene rings is 2. The van der Waals surface area contributed by atoms with E-state index in [0.717, 1.165) is 11.1 Å². The van der Waals surface area contributed by atoms with E-state index in [1.54, 1.807) is 6.07 Å². The average Bonchev–Trinajstić information content (AvgIpc) is 2.48. The minimum Gasteiger partial charge on any atom is -0.506 e. The first-order valence-corrected chi connectivity index (χ1v) is 8.64. The van der Waals surface area contributed by atoms with Crippen molar-refractivity contribution in [1.29, 1.82) is 0 Å². The second-order valence-electron chi connectivity index (χ2n) is 5.02. The van der Waals surface area contributed by atoms with Crippen LogP contribution in [0.15, 0.2) is 48.5 Å². The number of phenols is 1. The van der Waals surface area contributed by atoms with Gasteiger partial charge in [-0.3, -0.25) is 4.55 Å². The van der Waals surface area contributed by atoms with Crippen molar-refractivity contribution < 1.29 is 18.1 Å². The van der Waals surface area contributed by atoms with Gasteiger partial charge in [-0.05, 0) is 36.1 Å². The van der Waals surface area contributed by atoms with Gasteiger partial charge in [0.2, 0.25) is 0 Å². The third-order valence-corrected chi connectivity index (χ3v) is 4.05. The van der Waals surface area contributed by atoms with Gasteiger partial charge in [0, 0.05) is 6.54 Å². The summed E-state index contributed by atoms with van der Waals surface area (Å²) in [4.78, 5) is 0. The van der Waals surface area contributed by atoms with E-state index in [1.165, 1.54) is 0 Å². The standard InChI is InChI=1S/C16H19NO4S/c18-16-9-8-14(13-6-2-1-3-7-13)12-15(16)17-10-4-5-11-22(19,20)21/h1-3,6-9,12,17-18H,4-5,10-11H2,(H,19,20,21). The Balaban J connectivity index is 1.96. The van der Waals surface area contributed by atoms with Gasteiger partial charge in [-0.2, -0.15) is 8.42 Å². The third kappa shape index (κ3) is 5.05. The van der Waals surface area contributed by atoms with Crippen LogP contribution in [0.4, 0.5) is 5.69 Å². The van der Waals surface area contributed by atoms with Gasteiger partial charge in [-0.25, -0.2) is 0 Å². The summed E-state index contributed by atoms with van der Waals surface area (Å²) in [5.74, 6) is -0.0977. The molecule has 3 N–H and O–H groups in total. The highest BCUT2D eigenvalue weighted by Gasteiger charge is 2.06. The second-order valence-corrected chi connectivity index (χ2v) is 6.59. The molecule has 2 rings (SSSR count). The predicted molar refractivity (Wildman–Crippen MR) is 87.7 cm³/mol. The van der Waals surface area contributed by atoms with Crippen molar-refractivity contribution in [2.24, 2.45) is 0 Å². The fraction of sp³-hybridized carbons (Fsp3) is 0.250. The Morgan fingerprint density at radius 3 is 2.36 bits per heavy atom. The first-order chi connectivity index (χ1) is 10.5. The van der Waals surface area contributed by atoms with Crippen LogP contribution in [0.1, 0.15) is 12.8 Å². The Hall–Kier alpha value is -2.05. The fourth-order valence-corrected chi connectivity index (χ4v) is 2.69. The molecule has 0 unspecified atom stereocenters. The molecule has 0 spiro atoms. The monoisotopic (exact) mass is 321 g/mol. The number of nitrogens with one attached hydrogen (secondary N) is 1. The van der Waals surface area contributed by atoms with E-state index in [2.05, 4.69) is 5.32 Å². The highest BCUT2D eigenvalue weighted by atomic mass is 32.2. The van der Waals surface area contributed by atoms with Gasteiger partial charge in [-0.1, -0.05) is 36.4 Å². The lowest BCUT2D eigenvalue weighted by Gasteiger charge is -2.10. The lowest BCUT2D eigenvalue weighted by atomic mass is 10.0. The molecule has 0 bridgehead atoms. The summed E-state index contributed by atoms with van der Waals surface area (Å²) in [6.45, 7) is 0.515. The van der Waals surface area contributed by atoms with Gasteiger partial charge in [0.25, 0.3) is 10.1 Å². The molecule has 2 aromatic carbocycles. The fourth-order valence-electron chi connectivity index (χ4n) is 2.12. The average molecular weight is 321 g/mol. The molecule has 0 saturated heterocycles. The summed E-state index contributed by atoms with van der Waals surface area (Å²) in [6.07, 6.45) is 0.944. The van der Waals surface area contributed by atoms with Crippen LogP contribution in [-0.4, -0.2) is 30.4 Å². The highest BCUT2D eigenvalue weighted by molar-refractivity contribution is 7.85. The van der Waals surface area contributed by atoms with E-state index in [-0.39, 0.29) is 11.5 Å². The highest BCUT2D eigenvalue weighted by Crippen LogP contribution is 2.29. The van der Waals surface area contributed by atoms with Gasteiger partial charge in [0.05, 0.1) is 11.4 Å². The Morgan fingerprint density at radius 2 is 1.68 bits per heavy atom. The van der Waals surface area contributed by atoms with Crippen LogP contribution in [0.3, 0.4) is 0 Å². The van der Waals surface area contributed by atoms with Crippen molar-refractivity contribution in [3.8, 4) is 16.9 Å². The van der Waals surface area contributed by atoms with Gasteiger partial charge in [-0.15, -0.1) is 0 Å². The lowest BCUT2D eigenvalue weighted by molar-refractivity contribution is 0.476. The Bertz CT molecular complexity index is 714. The topological polar surface area (TPSA) is 86.6 Å². The Labute approximate surface area is 130 Å². The number of phenolic OH excluding ortho intramolecular Hbond substituents is 1. The smallest absolute Gasteiger partial charge is 0.264 e. The van der Waals surface area contributed by atoms with Crippen LogP contribution in [-0.2, 0) is 10.1 Å². The molecule has 0 fully saturated rings. The van der Waals surface area contributed by atoms with E-state index >= 15 is 0 Å². The largest absolute Gasteiger partial charge is 0.506 e. The molecule has 22 heavy (non-hydrogen) atoms. The molecule has 2 aromatic rings. The second kappa shape index (κ2) is 7.29. The molecule has 0 atom stereocenters. The number of hydrogen-bond donors (Lipinski definition) is 3. The first kappa shape index (κ1) is 16.3. The Kier molecular flexibility index (Phi) is 5.41. The minimum absolute atomic E-state index is 0.148. The van der Waals surface area contributed by atoms with E-state index in [4.69, 9.17) is 4.55 Å². The van der Waals surface area contributed by atoms with Crippen molar-refractivity contribution in [3.05, 3.63) is 48.5 Å². The normalized spacial score (nSPS) is 11.3. The lowest BCUT2D eigenvalue weighted by Crippen LogP contribution is -2.07. The first-order valence-electron chi connectivity index (χ1n) is 7.03. The summed E-state index contributed by atoms with van der Waals surface area (Å²) in [5.41, 5.74) is 2.64. The molecule has 0 radical (unpaired) electrons. The molecular weight excluding hydrogens is 302 g/mol. The molecule has 118 valence electrons. The van der Waals surface area contributed by atoms with E-state index < -0.39 is 10.1 Å². The summed E-state index contributed by atoms with van der Waals surface area (Å²) in [6, 6.07) is 15.1. The zero-order valence-corrected chi connectivity index (χ0v) is 12.9. The van der Waals surface area contributed by atoms with Gasteiger partial charge in [0.1, 0.15) is 5.75 Å². The molecule has 0 aromatic heterocycles. The van der Waals surface area contributed by atoms with Crippen molar-refractivity contribution in [2.75, 3.05) is 17.6 Å². The van der Waals surface area contributed by atoms with Crippen molar-refractivity contribution in [1.82, 2.24) is 0 Å². The van der Waals surface area contributed by atoms with E-state index in [0.29, 0.717) is 25.1 Å². The molecule has 0 aliphatic heterocycles. The number of unbranched alkanes of at least 4 members (excludes halogenated alkanes) is 1. The van der Waals surface area contributed by atoms with Crippen molar-refractivity contribution in [3.63, 3.8) is 0 Å². The predicted octanol–water partition coefficient (Wildman–Crippen LogP) is 3.14. The summed E-state index contributed by atoms with van der Waals surface area (Å²) >= 11 is 0. The number of hydrogen-bond acceptors (Lipinski definition) is 4. The zero-order chi connectivity index (χ0) is 16.0. The SMILES string of the molecule is O=S(=O)(O)CCCCNc1cc(-c2ccccc2)ccc1O. The molecule has 0 heterocycles. The maximum Gasteiger partial charge on any atom is 0.264 e. The maximum atomic E-state index is 10.6. The van der Waals surface area contributed by atoms with Crippen LogP contribution < -0.4 is 5.32 Å². The third-order valence-electron chi connectivity index (χ3n) is 3.25. The molecule has 0 amide bonds. The Morgan fingerprint density at radius 1 is 0.955 bits per heavy atom. The van der Waals surface area contributed by atoms with E-state index in [9.17, 15) is 13.5 Å². The van der Waals surface area contributed by atoms with Crippen LogP contribution in [0.5, 0.6) is 5.75 Å². The maximum absolute atomic E-state index is 10.6. The molecule has 0 aliphatic carbocycles.